The van der Waals surface area contributed by atoms with E-state index in [1.165, 1.54) is 13.3 Å². The number of nitrogens with zero attached hydrogens (tertiary/aromatic N) is 5. The molecule has 0 radical (unpaired) electrons. The molecule has 1 aliphatic rings. The van der Waals surface area contributed by atoms with Crippen molar-refractivity contribution in [2.75, 3.05) is 69.3 Å². The molecule has 3 heterocycles. The third-order valence-electron chi connectivity index (χ3n) is 6.96. The minimum absolute atomic E-state index is 0.0184. The Labute approximate surface area is 262 Å². The van der Waals surface area contributed by atoms with Gasteiger partial charge in [0.05, 0.1) is 65.2 Å². The van der Waals surface area contributed by atoms with Gasteiger partial charge < -0.3 is 40.3 Å². The smallest absolute Gasteiger partial charge is 0.229 e. The molecule has 0 amide bonds. The zero-order valence-electron chi connectivity index (χ0n) is 24.7. The average molecular weight is 686 g/mol. The van der Waals surface area contributed by atoms with E-state index < -0.39 is 13.0 Å². The first-order chi connectivity index (χ1) is 21.2. The number of hydrogen-bond donors (Lipinski definition) is 4. The van der Waals surface area contributed by atoms with Crippen molar-refractivity contribution in [3.05, 3.63) is 58.8 Å². The number of rotatable bonds is 10. The standard InChI is InChI=1S/C29H32BrFN9O3P/c1-33-15-17(14-32)23-21(40-9-11-43-12-10-40)13-22(42-2)26(24(23)31)38-29-36-16-18(30)28(39-29)37-20-6-5-19-25(35-8-7-34-19)27(20)44(3,4)41/h5-8,13-16,32-33H,9-12H2,1-4H3,(H2,36,37,38,39)/p+1. The number of methoxy groups -OCH3 is 1. The highest BCUT2D eigenvalue weighted by Crippen LogP contribution is 2.43. The molecule has 2 aromatic heterocycles. The Morgan fingerprint density at radius 1 is 1.20 bits per heavy atom. The van der Waals surface area contributed by atoms with Gasteiger partial charge in [-0.05, 0) is 41.4 Å². The van der Waals surface area contributed by atoms with Crippen LogP contribution in [0.15, 0.2) is 47.5 Å². The third-order valence-corrected chi connectivity index (χ3v) is 9.07. The Morgan fingerprint density at radius 3 is 2.64 bits per heavy atom. The highest BCUT2D eigenvalue weighted by molar-refractivity contribution is 9.10. The first-order valence-corrected chi connectivity index (χ1v) is 17.1. The topological polar surface area (TPSA) is 155 Å². The normalized spacial score (nSPS) is 14.0. The predicted molar refractivity (Wildman–Crippen MR) is 176 cm³/mol. The summed E-state index contributed by atoms with van der Waals surface area (Å²) >= 11 is 3.49. The first kappa shape index (κ1) is 31.5. The lowest BCUT2D eigenvalue weighted by atomic mass is 10.0. The van der Waals surface area contributed by atoms with Gasteiger partial charge in [-0.2, -0.15) is 4.98 Å². The number of nitrogens with two attached hydrogens (primary N) is 1. The molecule has 230 valence electrons. The number of anilines is 5. The first-order valence-electron chi connectivity index (χ1n) is 13.8. The Hall–Kier alpha value is -3.97. The van der Waals surface area contributed by atoms with Crippen LogP contribution in [0, 0.1) is 11.2 Å². The van der Waals surface area contributed by atoms with Crippen molar-refractivity contribution >= 4 is 80.0 Å². The summed E-state index contributed by atoms with van der Waals surface area (Å²) in [6, 6.07) is 5.32. The fourth-order valence-electron chi connectivity index (χ4n) is 5.03. The zero-order chi connectivity index (χ0) is 31.4. The maximum Gasteiger partial charge on any atom is 0.229 e. The Balaban J connectivity index is 1.58. The Bertz CT molecular complexity index is 1790. The molecule has 1 fully saturated rings. The van der Waals surface area contributed by atoms with Crippen molar-refractivity contribution in [2.24, 2.45) is 0 Å². The second-order valence-electron chi connectivity index (χ2n) is 10.2. The largest absolute Gasteiger partial charge is 0.494 e. The van der Waals surface area contributed by atoms with Gasteiger partial charge in [0.2, 0.25) is 5.95 Å². The van der Waals surface area contributed by atoms with Crippen molar-refractivity contribution in [3.8, 4) is 5.75 Å². The lowest BCUT2D eigenvalue weighted by Gasteiger charge is -2.31. The minimum atomic E-state index is -2.82. The van der Waals surface area contributed by atoms with Crippen molar-refractivity contribution in [1.82, 2.24) is 19.9 Å². The summed E-state index contributed by atoms with van der Waals surface area (Å²) in [7, 11) is 0.452. The van der Waals surface area contributed by atoms with Crippen LogP contribution in [0.2, 0.25) is 0 Å². The molecule has 0 bridgehead atoms. The summed E-state index contributed by atoms with van der Waals surface area (Å²) in [5, 5.41) is 16.6. The van der Waals surface area contributed by atoms with Crippen LogP contribution in [-0.4, -0.2) is 79.9 Å². The second kappa shape index (κ2) is 13.3. The van der Waals surface area contributed by atoms with E-state index in [0.717, 1.165) is 6.21 Å². The molecule has 0 atom stereocenters. The molecule has 5 rings (SSSR count). The molecule has 15 heteroatoms. The van der Waals surface area contributed by atoms with E-state index in [1.807, 2.05) is 11.9 Å². The zero-order valence-corrected chi connectivity index (χ0v) is 27.2. The Morgan fingerprint density at radius 2 is 1.95 bits per heavy atom. The van der Waals surface area contributed by atoms with Crippen LogP contribution < -0.4 is 30.9 Å². The molecule has 2 aromatic carbocycles. The van der Waals surface area contributed by atoms with E-state index in [2.05, 4.69) is 46.5 Å². The van der Waals surface area contributed by atoms with E-state index in [1.54, 1.807) is 55.4 Å². The van der Waals surface area contributed by atoms with E-state index in [9.17, 15) is 4.57 Å². The molecule has 1 saturated heterocycles. The number of halogens is 2. The molecule has 4 aromatic rings. The minimum Gasteiger partial charge on any atom is -0.494 e. The van der Waals surface area contributed by atoms with E-state index >= 15 is 4.39 Å². The van der Waals surface area contributed by atoms with Crippen LogP contribution in [0.1, 0.15) is 5.56 Å². The van der Waals surface area contributed by atoms with Gasteiger partial charge in [-0.25, -0.2) is 9.37 Å². The van der Waals surface area contributed by atoms with Crippen molar-refractivity contribution in [2.45, 2.75) is 0 Å². The number of quaternary nitrogens is 1. The van der Waals surface area contributed by atoms with Gasteiger partial charge in [0.15, 0.2) is 5.82 Å². The summed E-state index contributed by atoms with van der Waals surface area (Å²) < 4.78 is 41.6. The average Bonchev–Trinajstić information content (AvgIpc) is 3.02. The van der Waals surface area contributed by atoms with E-state index in [0.29, 0.717) is 69.9 Å². The highest BCUT2D eigenvalue weighted by atomic mass is 79.9. The van der Waals surface area contributed by atoms with E-state index in [-0.39, 0.29) is 22.9 Å². The van der Waals surface area contributed by atoms with Crippen molar-refractivity contribution in [1.29, 1.82) is 5.41 Å². The summed E-state index contributed by atoms with van der Waals surface area (Å²) in [6.45, 7) is 5.49. The number of aromatic nitrogens is 4. The molecular weight excluding hydrogens is 652 g/mol. The summed E-state index contributed by atoms with van der Waals surface area (Å²) in [5.74, 6) is 0.0630. The lowest BCUT2D eigenvalue weighted by molar-refractivity contribution is -0.555. The predicted octanol–water partition coefficient (Wildman–Crippen LogP) is 4.09. The number of allylic oxidation sites excluding steroid dienone is 1. The van der Waals surface area contributed by atoms with Gasteiger partial charge in [-0.1, -0.05) is 0 Å². The third kappa shape index (κ3) is 6.43. The molecule has 44 heavy (non-hydrogen) atoms. The second-order valence-corrected chi connectivity index (χ2v) is 14.2. The van der Waals surface area contributed by atoms with Crippen molar-refractivity contribution in [3.63, 3.8) is 0 Å². The van der Waals surface area contributed by atoms with Gasteiger partial charge >= 0.3 is 0 Å². The molecule has 0 unspecified atom stereocenters. The maximum atomic E-state index is 16.6. The highest BCUT2D eigenvalue weighted by Gasteiger charge is 2.27. The maximum absolute atomic E-state index is 16.6. The van der Waals surface area contributed by atoms with Gasteiger partial charge in [0.25, 0.3) is 0 Å². The van der Waals surface area contributed by atoms with Gasteiger partial charge in [-0.15, -0.1) is 0 Å². The lowest BCUT2D eigenvalue weighted by Crippen LogP contribution is -2.72. The number of benzene rings is 2. The fourth-order valence-corrected chi connectivity index (χ4v) is 6.71. The molecule has 0 saturated carbocycles. The summed E-state index contributed by atoms with van der Waals surface area (Å²) in [6.07, 6.45) is 7.49. The van der Waals surface area contributed by atoms with Crippen molar-refractivity contribution < 1.29 is 23.7 Å². The number of morpholine rings is 1. The van der Waals surface area contributed by atoms with Crippen LogP contribution in [-0.2, 0) is 9.30 Å². The van der Waals surface area contributed by atoms with Crippen LogP contribution in [0.4, 0.5) is 33.2 Å². The molecule has 5 N–H and O–H groups in total. The Kier molecular flexibility index (Phi) is 9.54. The monoisotopic (exact) mass is 684 g/mol. The number of ether oxygens (including phenoxy) is 2. The SMILES string of the molecule is C[NH2+]C=C(C=N)c1c(N2CCOCC2)cc(OC)c(Nc2ncc(Br)c(Nc3ccc4nccnc4c3P(C)(C)=O)n2)c1F. The number of nitrogens with one attached hydrogen (secondary N) is 3. The van der Waals surface area contributed by atoms with E-state index in [4.69, 9.17) is 14.9 Å². The quantitative estimate of drug-likeness (QED) is 0.142. The molecule has 1 aliphatic heterocycles. The van der Waals surface area contributed by atoms with Crippen LogP contribution >= 0.6 is 23.1 Å². The summed E-state index contributed by atoms with van der Waals surface area (Å²) in [5.41, 5.74) is 2.97. The molecule has 12 nitrogen and oxygen atoms in total. The number of hydrogen-bond acceptors (Lipinski definition) is 11. The molecule has 0 aliphatic carbocycles. The number of fused-ring (bicyclic) bond motifs is 1. The fraction of sp³-hybridized carbons (Fsp3) is 0.276. The van der Waals surface area contributed by atoms with Gasteiger partial charge in [-0.3, -0.25) is 9.97 Å². The van der Waals surface area contributed by atoms with Crippen LogP contribution in [0.3, 0.4) is 0 Å². The van der Waals surface area contributed by atoms with Gasteiger partial charge in [0, 0.05) is 44.0 Å². The molecule has 0 spiro atoms. The van der Waals surface area contributed by atoms with Crippen LogP contribution in [0.25, 0.3) is 16.6 Å². The van der Waals surface area contributed by atoms with Crippen LogP contribution in [0.5, 0.6) is 5.75 Å². The summed E-state index contributed by atoms with van der Waals surface area (Å²) in [4.78, 5) is 19.8. The molecular formula is C29H33BrFN9O3P+. The van der Waals surface area contributed by atoms with Gasteiger partial charge in [0.1, 0.15) is 36.1 Å².